The zero-order valence-electron chi connectivity index (χ0n) is 7.65. The Morgan fingerprint density at radius 2 is 2.15 bits per heavy atom. The maximum absolute atomic E-state index is 11.1. The minimum atomic E-state index is -3.11. The molecule has 0 aliphatic rings. The van der Waals surface area contributed by atoms with Crippen molar-refractivity contribution in [2.24, 2.45) is 5.14 Å². The van der Waals surface area contributed by atoms with Crippen LogP contribution in [0.3, 0.4) is 0 Å². The van der Waals surface area contributed by atoms with Gasteiger partial charge in [0.1, 0.15) is 9.92 Å². The average Bonchev–Trinajstić information content (AvgIpc) is 2.03. The number of nitrogens with one attached hydrogen (secondary N) is 1. The van der Waals surface area contributed by atoms with Gasteiger partial charge >= 0.3 is 0 Å². The third-order valence-electron chi connectivity index (χ3n) is 1.70. The smallest absolute Gasteiger partial charge is 0.133 e. The highest BCUT2D eigenvalue weighted by atomic mass is 32.2. The molecule has 1 rings (SSSR count). The molecule has 0 amide bonds. The second kappa shape index (κ2) is 3.43. The number of nitrogens with zero attached hydrogens (tertiary/aromatic N) is 1. The Morgan fingerprint density at radius 1 is 1.54 bits per heavy atom. The molecule has 13 heavy (non-hydrogen) atoms. The van der Waals surface area contributed by atoms with Crippen LogP contribution in [0.1, 0.15) is 25.5 Å². The molecule has 0 saturated heterocycles. The molecular weight excluding hydrogens is 186 g/mol. The summed E-state index contributed by atoms with van der Waals surface area (Å²) in [7, 11) is -3.11. The Labute approximate surface area is 78.3 Å². The highest BCUT2D eigenvalue weighted by molar-refractivity contribution is 7.90. The Morgan fingerprint density at radius 3 is 2.46 bits per heavy atom. The first-order valence-electron chi connectivity index (χ1n) is 3.94. The van der Waals surface area contributed by atoms with E-state index in [0.717, 1.165) is 5.69 Å². The number of rotatable bonds is 2. The van der Waals surface area contributed by atoms with Crippen LogP contribution < -0.4 is 5.14 Å². The molecule has 72 valence electrons. The summed E-state index contributed by atoms with van der Waals surface area (Å²) in [5, 5.41) is 5.14. The third kappa shape index (κ3) is 2.50. The van der Waals surface area contributed by atoms with Crippen LogP contribution in [-0.4, -0.2) is 9.19 Å². The largest absolute Gasteiger partial charge is 0.260 e. The highest BCUT2D eigenvalue weighted by Gasteiger charge is 2.05. The van der Waals surface area contributed by atoms with E-state index in [9.17, 15) is 4.21 Å². The number of nitrogens with two attached hydrogens (primary N) is 1. The fraction of sp³-hybridized carbons (Fsp3) is 0.375. The van der Waals surface area contributed by atoms with E-state index in [0.29, 0.717) is 5.92 Å². The van der Waals surface area contributed by atoms with E-state index in [1.54, 1.807) is 12.1 Å². The maximum atomic E-state index is 11.1. The van der Waals surface area contributed by atoms with Crippen LogP contribution in [0.4, 0.5) is 0 Å². The predicted octanol–water partition coefficient (Wildman–Crippen LogP) is 1.48. The van der Waals surface area contributed by atoms with Gasteiger partial charge in [-0.25, -0.2) is 14.1 Å². The van der Waals surface area contributed by atoms with Crippen LogP contribution in [0, 0.1) is 4.78 Å². The van der Waals surface area contributed by atoms with E-state index in [4.69, 9.17) is 9.92 Å². The Balaban J connectivity index is 3.08. The lowest BCUT2D eigenvalue weighted by Crippen LogP contribution is -2.10. The predicted molar refractivity (Wildman–Crippen MR) is 51.6 cm³/mol. The van der Waals surface area contributed by atoms with Gasteiger partial charge in [0.25, 0.3) is 0 Å². The Bertz CT molecular complexity index is 380. The van der Waals surface area contributed by atoms with Crippen LogP contribution in [-0.2, 0) is 9.92 Å². The Hall–Kier alpha value is -0.940. The van der Waals surface area contributed by atoms with E-state index in [2.05, 4.69) is 4.98 Å². The zero-order chi connectivity index (χ0) is 10.1. The summed E-state index contributed by atoms with van der Waals surface area (Å²) in [6.45, 7) is 4.03. The van der Waals surface area contributed by atoms with Crippen molar-refractivity contribution in [2.75, 3.05) is 0 Å². The summed E-state index contributed by atoms with van der Waals surface area (Å²) in [5.74, 6) is 0.327. The molecule has 0 bridgehead atoms. The van der Waals surface area contributed by atoms with Crippen LogP contribution in [0.2, 0.25) is 0 Å². The van der Waals surface area contributed by atoms with E-state index < -0.39 is 9.92 Å². The summed E-state index contributed by atoms with van der Waals surface area (Å²) in [4.78, 5) is 4.34. The second-order valence-electron chi connectivity index (χ2n) is 3.17. The fourth-order valence-corrected chi connectivity index (χ4v) is 1.39. The zero-order valence-corrected chi connectivity index (χ0v) is 8.47. The molecule has 0 fully saturated rings. The first-order chi connectivity index (χ1) is 5.91. The van der Waals surface area contributed by atoms with Crippen molar-refractivity contribution in [1.29, 1.82) is 4.78 Å². The van der Waals surface area contributed by atoms with Gasteiger partial charge in [-0.1, -0.05) is 13.8 Å². The maximum Gasteiger partial charge on any atom is 0.133 e. The number of aromatic nitrogens is 1. The number of hydrogen-bond donors (Lipinski definition) is 2. The molecule has 0 radical (unpaired) electrons. The van der Waals surface area contributed by atoms with Crippen molar-refractivity contribution >= 4 is 9.92 Å². The van der Waals surface area contributed by atoms with Gasteiger partial charge in [-0.15, -0.1) is 0 Å². The minimum Gasteiger partial charge on any atom is -0.260 e. The van der Waals surface area contributed by atoms with Crippen LogP contribution in [0.25, 0.3) is 0 Å². The molecule has 1 heterocycles. The van der Waals surface area contributed by atoms with E-state index in [1.165, 1.54) is 6.20 Å². The first kappa shape index (κ1) is 10.1. The van der Waals surface area contributed by atoms with Gasteiger partial charge in [0, 0.05) is 11.9 Å². The topological polar surface area (TPSA) is 79.8 Å². The molecule has 1 atom stereocenters. The molecule has 1 aromatic heterocycles. The van der Waals surface area contributed by atoms with Crippen molar-refractivity contribution in [3.63, 3.8) is 0 Å². The van der Waals surface area contributed by atoms with E-state index in [-0.39, 0.29) is 4.90 Å². The van der Waals surface area contributed by atoms with Gasteiger partial charge in [-0.05, 0) is 18.1 Å². The van der Waals surface area contributed by atoms with Gasteiger partial charge < -0.3 is 0 Å². The van der Waals surface area contributed by atoms with Crippen LogP contribution >= 0.6 is 0 Å². The lowest BCUT2D eigenvalue weighted by molar-refractivity contribution is 0.675. The van der Waals surface area contributed by atoms with Crippen LogP contribution in [0.5, 0.6) is 0 Å². The lowest BCUT2D eigenvalue weighted by Gasteiger charge is -2.05. The molecule has 0 aliphatic carbocycles. The van der Waals surface area contributed by atoms with Crippen molar-refractivity contribution in [1.82, 2.24) is 4.98 Å². The molecule has 1 unspecified atom stereocenters. The molecule has 0 aliphatic heterocycles. The van der Waals surface area contributed by atoms with Crippen molar-refractivity contribution in [3.05, 3.63) is 24.0 Å². The average molecular weight is 199 g/mol. The minimum absolute atomic E-state index is 0.275. The molecule has 0 saturated carbocycles. The third-order valence-corrected chi connectivity index (χ3v) is 2.64. The quantitative estimate of drug-likeness (QED) is 0.756. The van der Waals surface area contributed by atoms with Crippen molar-refractivity contribution < 1.29 is 4.21 Å². The van der Waals surface area contributed by atoms with Gasteiger partial charge in [0.2, 0.25) is 0 Å². The lowest BCUT2D eigenvalue weighted by atomic mass is 10.1. The fourth-order valence-electron chi connectivity index (χ4n) is 0.913. The first-order valence-corrected chi connectivity index (χ1v) is 5.56. The highest BCUT2D eigenvalue weighted by Crippen LogP contribution is 2.13. The normalized spacial score (nSPS) is 15.7. The molecule has 3 N–H and O–H groups in total. The number of pyridine rings is 1. The molecule has 4 nitrogen and oxygen atoms in total. The standard InChI is InChI=1S/C8H13N3OS/c1-6(2)8-4-3-7(5-11-8)13(9,10)12/h3-6H,1-2H3,(H3,9,10,12). The Kier molecular flexibility index (Phi) is 2.68. The number of hydrogen-bond acceptors (Lipinski definition) is 3. The second-order valence-corrected chi connectivity index (χ2v) is 4.85. The summed E-state index contributed by atoms with van der Waals surface area (Å²) in [5.41, 5.74) is 0.910. The molecule has 1 aromatic rings. The molecule has 5 heteroatoms. The van der Waals surface area contributed by atoms with Crippen molar-refractivity contribution in [2.45, 2.75) is 24.7 Å². The monoisotopic (exact) mass is 199 g/mol. The molecular formula is C8H13N3OS. The van der Waals surface area contributed by atoms with Crippen LogP contribution in [0.15, 0.2) is 23.2 Å². The summed E-state index contributed by atoms with van der Waals surface area (Å²) in [6, 6.07) is 3.35. The van der Waals surface area contributed by atoms with Crippen molar-refractivity contribution in [3.8, 4) is 0 Å². The summed E-state index contributed by atoms with van der Waals surface area (Å²) in [6.07, 6.45) is 1.41. The summed E-state index contributed by atoms with van der Waals surface area (Å²) < 4.78 is 18.2. The summed E-state index contributed by atoms with van der Waals surface area (Å²) >= 11 is 0. The van der Waals surface area contributed by atoms with Gasteiger partial charge in [0.05, 0.1) is 4.90 Å². The molecule has 0 spiro atoms. The van der Waals surface area contributed by atoms with Gasteiger partial charge in [0.15, 0.2) is 0 Å². The molecule has 0 aromatic carbocycles. The van der Waals surface area contributed by atoms with E-state index >= 15 is 0 Å². The SMILES string of the molecule is CC(C)c1ccc(S(=N)(N)=O)cn1. The van der Waals surface area contributed by atoms with E-state index in [1.807, 2.05) is 13.8 Å². The van der Waals surface area contributed by atoms with Gasteiger partial charge in [-0.3, -0.25) is 4.98 Å². The van der Waals surface area contributed by atoms with Gasteiger partial charge in [-0.2, -0.15) is 0 Å².